The molecule has 3 rings (SSSR count). The molecule has 0 bridgehead atoms. The molecule has 146 valence electrons. The maximum atomic E-state index is 13.1. The van der Waals surface area contributed by atoms with Gasteiger partial charge in [0, 0.05) is 31.0 Å². The molecule has 2 aromatic carbocycles. The Labute approximate surface area is 167 Å². The van der Waals surface area contributed by atoms with E-state index in [1.54, 1.807) is 0 Å². The van der Waals surface area contributed by atoms with Gasteiger partial charge in [-0.15, -0.1) is 0 Å². The Balaban J connectivity index is 1.95. The summed E-state index contributed by atoms with van der Waals surface area (Å²) in [6, 6.07) is 16.3. The number of nitrogens with one attached hydrogen (secondary N) is 1. The summed E-state index contributed by atoms with van der Waals surface area (Å²) in [5.74, 6) is 0.0777. The average molecular weight is 377 g/mol. The van der Waals surface area contributed by atoms with Crippen LogP contribution in [0.1, 0.15) is 54.3 Å². The highest BCUT2D eigenvalue weighted by molar-refractivity contribution is 6.01. The number of carbonyl (C=O) groups is 1. The fourth-order valence-electron chi connectivity index (χ4n) is 3.83. The predicted octanol–water partition coefficient (Wildman–Crippen LogP) is 4.71. The van der Waals surface area contributed by atoms with Gasteiger partial charge in [-0.3, -0.25) is 4.79 Å². The van der Waals surface area contributed by atoms with Gasteiger partial charge in [-0.25, -0.2) is 0 Å². The summed E-state index contributed by atoms with van der Waals surface area (Å²) in [4.78, 5) is 17.2. The van der Waals surface area contributed by atoms with E-state index in [0.29, 0.717) is 13.0 Å². The van der Waals surface area contributed by atoms with Crippen LogP contribution in [0.5, 0.6) is 0 Å². The number of hydrogen-bond donors (Lipinski definition) is 1. The molecule has 1 atom stereocenters. The highest BCUT2D eigenvalue weighted by Crippen LogP contribution is 2.35. The Morgan fingerprint density at radius 2 is 2.00 bits per heavy atom. The minimum Gasteiger partial charge on any atom is -0.371 e. The molecule has 0 spiro atoms. The number of aryl methyl sites for hydroxylation is 1. The summed E-state index contributed by atoms with van der Waals surface area (Å²) < 4.78 is 0. The Morgan fingerprint density at radius 3 is 2.68 bits per heavy atom. The van der Waals surface area contributed by atoms with E-state index in [4.69, 9.17) is 5.26 Å². The third-order valence-electron chi connectivity index (χ3n) is 5.28. The van der Waals surface area contributed by atoms with Crippen molar-refractivity contribution in [3.63, 3.8) is 0 Å². The normalized spacial score (nSPS) is 15.6. The number of nitriles is 1. The molecule has 0 saturated heterocycles. The number of hydrogen-bond acceptors (Lipinski definition) is 4. The molecule has 0 aliphatic carbocycles. The lowest BCUT2D eigenvalue weighted by molar-refractivity contribution is 0.0683. The molecule has 1 aliphatic rings. The van der Waals surface area contributed by atoms with E-state index >= 15 is 0 Å². The summed E-state index contributed by atoms with van der Waals surface area (Å²) >= 11 is 0. The van der Waals surface area contributed by atoms with E-state index in [1.165, 1.54) is 0 Å². The fraction of sp³-hybridized carbons (Fsp3) is 0.391. The highest BCUT2D eigenvalue weighted by Gasteiger charge is 2.32. The van der Waals surface area contributed by atoms with E-state index in [0.717, 1.165) is 47.6 Å². The van der Waals surface area contributed by atoms with Gasteiger partial charge in [0.05, 0.1) is 18.1 Å². The van der Waals surface area contributed by atoms with Crippen LogP contribution in [0.2, 0.25) is 0 Å². The van der Waals surface area contributed by atoms with Gasteiger partial charge in [-0.1, -0.05) is 25.1 Å². The Bertz CT molecular complexity index is 886. The average Bonchev–Trinajstić information content (AvgIpc) is 2.71. The largest absolute Gasteiger partial charge is 0.371 e. The second-order valence-corrected chi connectivity index (χ2v) is 7.12. The summed E-state index contributed by atoms with van der Waals surface area (Å²) in [5.41, 5.74) is 4.98. The third-order valence-corrected chi connectivity index (χ3v) is 5.28. The third kappa shape index (κ3) is 3.82. The molecule has 28 heavy (non-hydrogen) atoms. The number of para-hydroxylation sites is 1. The van der Waals surface area contributed by atoms with Gasteiger partial charge in [0.2, 0.25) is 0 Å². The molecule has 1 amide bonds. The number of nitrogens with zero attached hydrogens (tertiary/aromatic N) is 3. The van der Waals surface area contributed by atoms with Crippen molar-refractivity contribution in [3.8, 4) is 6.07 Å². The number of anilines is 2. The monoisotopic (exact) mass is 376 g/mol. The van der Waals surface area contributed by atoms with Crippen LogP contribution in [0.15, 0.2) is 42.5 Å². The van der Waals surface area contributed by atoms with Gasteiger partial charge < -0.3 is 15.1 Å². The number of carbonyl (C=O) groups excluding carboxylic acids is 1. The zero-order valence-corrected chi connectivity index (χ0v) is 16.9. The Morgan fingerprint density at radius 1 is 1.21 bits per heavy atom. The van der Waals surface area contributed by atoms with Crippen LogP contribution in [0.4, 0.5) is 11.4 Å². The molecular formula is C23H28N4O. The van der Waals surface area contributed by atoms with Crippen LogP contribution in [0.3, 0.4) is 0 Å². The van der Waals surface area contributed by atoms with Crippen LogP contribution < -0.4 is 10.2 Å². The van der Waals surface area contributed by atoms with Gasteiger partial charge in [-0.2, -0.15) is 5.26 Å². The van der Waals surface area contributed by atoms with Crippen LogP contribution in [0.25, 0.3) is 0 Å². The maximum Gasteiger partial charge on any atom is 0.257 e. The first-order valence-electron chi connectivity index (χ1n) is 9.99. The molecule has 1 heterocycles. The lowest BCUT2D eigenvalue weighted by Gasteiger charge is -2.39. The Kier molecular flexibility index (Phi) is 6.20. The quantitative estimate of drug-likeness (QED) is 0.760. The maximum absolute atomic E-state index is 13.1. The van der Waals surface area contributed by atoms with E-state index < -0.39 is 0 Å². The van der Waals surface area contributed by atoms with Crippen molar-refractivity contribution >= 4 is 17.3 Å². The summed E-state index contributed by atoms with van der Waals surface area (Å²) in [6.45, 7) is 8.57. The topological polar surface area (TPSA) is 59.4 Å². The standard InChI is InChI=1S/C23H28N4O/c1-4-14-27-22(25-21-10-7-6-9-20(21)23(27)28)19-12-11-18(16-17(19)3)26(5-2)15-8-13-24/h6-7,9-12,16,22,25H,4-5,8,14-15H2,1-3H3/t22-/m1/s1. The molecule has 0 saturated carbocycles. The second kappa shape index (κ2) is 8.79. The van der Waals surface area contributed by atoms with Crippen LogP contribution in [0, 0.1) is 18.3 Å². The number of benzene rings is 2. The van der Waals surface area contributed by atoms with Gasteiger partial charge in [0.1, 0.15) is 6.17 Å². The minimum atomic E-state index is -0.175. The van der Waals surface area contributed by atoms with Crippen molar-refractivity contribution in [1.29, 1.82) is 5.26 Å². The van der Waals surface area contributed by atoms with Gasteiger partial charge in [0.25, 0.3) is 5.91 Å². The zero-order chi connectivity index (χ0) is 20.1. The van der Waals surface area contributed by atoms with E-state index in [1.807, 2.05) is 29.2 Å². The van der Waals surface area contributed by atoms with Gasteiger partial charge in [0.15, 0.2) is 0 Å². The second-order valence-electron chi connectivity index (χ2n) is 7.12. The number of amides is 1. The first-order chi connectivity index (χ1) is 13.6. The first kappa shape index (κ1) is 19.8. The van der Waals surface area contributed by atoms with Crippen molar-refractivity contribution < 1.29 is 4.79 Å². The van der Waals surface area contributed by atoms with Crippen LogP contribution >= 0.6 is 0 Å². The predicted molar refractivity (Wildman–Crippen MR) is 113 cm³/mol. The van der Waals surface area contributed by atoms with E-state index in [2.05, 4.69) is 55.3 Å². The summed E-state index contributed by atoms with van der Waals surface area (Å²) in [6.07, 6.45) is 1.24. The smallest absolute Gasteiger partial charge is 0.257 e. The molecule has 5 nitrogen and oxygen atoms in total. The van der Waals surface area contributed by atoms with Crippen molar-refractivity contribution in [3.05, 3.63) is 59.2 Å². The van der Waals surface area contributed by atoms with Gasteiger partial charge >= 0.3 is 0 Å². The molecule has 5 heteroatoms. The van der Waals surface area contributed by atoms with E-state index in [-0.39, 0.29) is 12.1 Å². The fourth-order valence-corrected chi connectivity index (χ4v) is 3.83. The molecule has 2 aromatic rings. The first-order valence-corrected chi connectivity index (χ1v) is 9.99. The number of fused-ring (bicyclic) bond motifs is 1. The zero-order valence-electron chi connectivity index (χ0n) is 16.9. The molecule has 0 fully saturated rings. The lowest BCUT2D eigenvalue weighted by Crippen LogP contribution is -2.43. The molecule has 0 aromatic heterocycles. The van der Waals surface area contributed by atoms with Crippen molar-refractivity contribution in [2.45, 2.75) is 39.8 Å². The van der Waals surface area contributed by atoms with Crippen molar-refractivity contribution in [2.24, 2.45) is 0 Å². The van der Waals surface area contributed by atoms with Gasteiger partial charge in [-0.05, 0) is 55.7 Å². The molecule has 0 unspecified atom stereocenters. The minimum absolute atomic E-state index is 0.0777. The van der Waals surface area contributed by atoms with Crippen LogP contribution in [-0.4, -0.2) is 30.4 Å². The summed E-state index contributed by atoms with van der Waals surface area (Å²) in [7, 11) is 0. The Hall–Kier alpha value is -3.00. The molecule has 1 N–H and O–H groups in total. The van der Waals surface area contributed by atoms with Crippen molar-refractivity contribution in [2.75, 3.05) is 29.9 Å². The molecule has 1 aliphatic heterocycles. The number of rotatable bonds is 7. The van der Waals surface area contributed by atoms with Crippen molar-refractivity contribution in [1.82, 2.24) is 4.90 Å². The van der Waals surface area contributed by atoms with Crippen LogP contribution in [-0.2, 0) is 0 Å². The molecular weight excluding hydrogens is 348 g/mol. The SMILES string of the molecule is CCCN1C(=O)c2ccccc2N[C@H]1c1ccc(N(CC)CCC#N)cc1C. The lowest BCUT2D eigenvalue weighted by atomic mass is 9.99. The summed E-state index contributed by atoms with van der Waals surface area (Å²) in [5, 5.41) is 12.5. The molecule has 0 radical (unpaired) electrons. The highest BCUT2D eigenvalue weighted by atomic mass is 16.2. The van der Waals surface area contributed by atoms with E-state index in [9.17, 15) is 4.79 Å².